The van der Waals surface area contributed by atoms with Crippen LogP contribution in [0, 0.1) is 0 Å². The predicted molar refractivity (Wildman–Crippen MR) is 82.8 cm³/mol. The molecular formula is C17H13F13O3. The number of hydrogen-bond donors (Lipinski definition) is 1. The van der Waals surface area contributed by atoms with Gasteiger partial charge in [0.25, 0.3) is 0 Å². The summed E-state index contributed by atoms with van der Waals surface area (Å²) in [5.41, 5.74) is -4.61. The number of alkyl halides is 13. The Hall–Kier alpha value is -2.26. The molecule has 0 spiro atoms. The topological polar surface area (TPSA) is 46.5 Å². The first-order valence-electron chi connectivity index (χ1n) is 8.28. The maximum Gasteiger partial charge on any atom is 0.460 e. The van der Waals surface area contributed by atoms with Gasteiger partial charge in [0.2, 0.25) is 0 Å². The first kappa shape index (κ1) is 28.8. The van der Waals surface area contributed by atoms with E-state index in [0.29, 0.717) is 12.1 Å². The molecule has 16 heteroatoms. The number of aliphatic hydroxyl groups is 1. The predicted octanol–water partition coefficient (Wildman–Crippen LogP) is 5.81. The Balaban J connectivity index is 3.47. The molecule has 3 nitrogen and oxygen atoms in total. The van der Waals surface area contributed by atoms with Crippen LogP contribution in [-0.4, -0.2) is 54.0 Å². The van der Waals surface area contributed by atoms with Crippen molar-refractivity contribution in [1.82, 2.24) is 0 Å². The van der Waals surface area contributed by atoms with E-state index in [1.54, 1.807) is 0 Å². The van der Waals surface area contributed by atoms with Crippen LogP contribution in [0.2, 0.25) is 0 Å². The molecule has 0 fully saturated rings. The lowest BCUT2D eigenvalue weighted by Gasteiger charge is -2.41. The van der Waals surface area contributed by atoms with E-state index in [-0.39, 0.29) is 6.92 Å². The number of carbonyl (C=O) groups excluding carboxylic acids is 1. The quantitative estimate of drug-likeness (QED) is 0.354. The summed E-state index contributed by atoms with van der Waals surface area (Å²) in [7, 11) is 0.862. The highest BCUT2D eigenvalue weighted by molar-refractivity contribution is 5.89. The molecule has 0 radical (unpaired) electrons. The van der Waals surface area contributed by atoms with Gasteiger partial charge in [0.1, 0.15) is 0 Å². The zero-order valence-corrected chi connectivity index (χ0v) is 16.2. The Kier molecular flexibility index (Phi) is 7.15. The molecule has 190 valence electrons. The van der Waals surface area contributed by atoms with E-state index in [4.69, 9.17) is 0 Å². The molecule has 33 heavy (non-hydrogen) atoms. The molecule has 1 aromatic carbocycles. The second-order valence-electron chi connectivity index (χ2n) is 7.02. The summed E-state index contributed by atoms with van der Waals surface area (Å²) in [5, 5.41) is 10.1. The summed E-state index contributed by atoms with van der Waals surface area (Å²) in [6, 6.07) is 3.15. The smallest absolute Gasteiger partial charge is 0.460 e. The van der Waals surface area contributed by atoms with Gasteiger partial charge in [0, 0.05) is 0 Å². The molecule has 1 N–H and O–H groups in total. The van der Waals surface area contributed by atoms with Gasteiger partial charge < -0.3 is 9.84 Å². The van der Waals surface area contributed by atoms with Gasteiger partial charge in [-0.3, -0.25) is 0 Å². The zero-order chi connectivity index (χ0) is 26.5. The van der Waals surface area contributed by atoms with Crippen molar-refractivity contribution in [2.24, 2.45) is 0 Å². The third-order valence-corrected chi connectivity index (χ3v) is 4.47. The van der Waals surface area contributed by atoms with Gasteiger partial charge in [-0.2, -0.15) is 57.1 Å². The second kappa shape index (κ2) is 8.20. The molecule has 0 aliphatic heterocycles. The van der Waals surface area contributed by atoms with Crippen LogP contribution in [0.3, 0.4) is 0 Å². The van der Waals surface area contributed by atoms with Crippen LogP contribution in [0.15, 0.2) is 24.3 Å². The summed E-state index contributed by atoms with van der Waals surface area (Å²) in [4.78, 5) is 11.4. The highest BCUT2D eigenvalue weighted by atomic mass is 19.4. The number of esters is 1. The van der Waals surface area contributed by atoms with Crippen molar-refractivity contribution >= 4 is 5.97 Å². The molecule has 0 aliphatic carbocycles. The zero-order valence-electron chi connectivity index (χ0n) is 16.2. The average molecular weight is 512 g/mol. The lowest BCUT2D eigenvalue weighted by atomic mass is 9.84. The van der Waals surface area contributed by atoms with Gasteiger partial charge in [0.05, 0.1) is 24.7 Å². The maximum absolute atomic E-state index is 14.1. The summed E-state index contributed by atoms with van der Waals surface area (Å²) in [5.74, 6) is -39.0. The van der Waals surface area contributed by atoms with E-state index in [2.05, 4.69) is 4.74 Å². The monoisotopic (exact) mass is 512 g/mol. The van der Waals surface area contributed by atoms with Crippen molar-refractivity contribution in [3.05, 3.63) is 35.4 Å². The van der Waals surface area contributed by atoms with Crippen LogP contribution < -0.4 is 0 Å². The molecule has 1 rings (SSSR count). The number of hydrogen-bond acceptors (Lipinski definition) is 3. The summed E-state index contributed by atoms with van der Waals surface area (Å²) in [6.07, 6.45) is -10.4. The molecule has 0 aromatic heterocycles. The molecule has 0 heterocycles. The van der Waals surface area contributed by atoms with Crippen LogP contribution >= 0.6 is 0 Å². The van der Waals surface area contributed by atoms with E-state index < -0.39 is 64.9 Å². The third kappa shape index (κ3) is 4.57. The number of methoxy groups -OCH3 is 1. The molecule has 0 saturated carbocycles. The maximum atomic E-state index is 14.1. The normalized spacial score (nSPS) is 16.4. The van der Waals surface area contributed by atoms with Crippen LogP contribution in [0.1, 0.15) is 29.3 Å². The van der Waals surface area contributed by atoms with Gasteiger partial charge in [-0.1, -0.05) is 12.1 Å². The van der Waals surface area contributed by atoms with E-state index in [1.165, 1.54) is 0 Å². The molecule has 0 saturated heterocycles. The fraction of sp³-hybridized carbons (Fsp3) is 0.588. The van der Waals surface area contributed by atoms with Crippen LogP contribution in [0.4, 0.5) is 57.1 Å². The highest BCUT2D eigenvalue weighted by Gasteiger charge is 2.90. The van der Waals surface area contributed by atoms with Gasteiger partial charge in [-0.25, -0.2) is 4.79 Å². The number of halogens is 13. The van der Waals surface area contributed by atoms with Crippen molar-refractivity contribution < 1.29 is 71.7 Å². The third-order valence-electron chi connectivity index (χ3n) is 4.47. The minimum atomic E-state index is -8.03. The van der Waals surface area contributed by atoms with Gasteiger partial charge in [0.15, 0.2) is 0 Å². The lowest BCUT2D eigenvalue weighted by Crippen LogP contribution is -2.70. The van der Waals surface area contributed by atoms with Crippen molar-refractivity contribution in [2.45, 2.75) is 54.7 Å². The largest absolute Gasteiger partial charge is 0.465 e. The van der Waals surface area contributed by atoms with Gasteiger partial charge >= 0.3 is 41.8 Å². The Labute approximate surface area is 176 Å². The van der Waals surface area contributed by atoms with E-state index in [1.807, 2.05) is 0 Å². The number of ether oxygens (including phenoxy) is 1. The second-order valence-corrected chi connectivity index (χ2v) is 7.02. The number of rotatable bonds is 8. The van der Waals surface area contributed by atoms with Crippen LogP contribution in [0.5, 0.6) is 0 Å². The Morgan fingerprint density at radius 1 is 0.818 bits per heavy atom. The van der Waals surface area contributed by atoms with E-state index in [9.17, 15) is 67.0 Å². The average Bonchev–Trinajstić information content (AvgIpc) is 2.65. The van der Waals surface area contributed by atoms with Crippen molar-refractivity contribution in [2.75, 3.05) is 7.11 Å². The number of benzene rings is 1. The molecule has 0 aliphatic rings. The van der Waals surface area contributed by atoms with Gasteiger partial charge in [-0.05, 0) is 24.6 Å². The van der Waals surface area contributed by atoms with Crippen LogP contribution in [-0.2, 0) is 10.3 Å². The molecule has 0 amide bonds. The summed E-state index contributed by atoms with van der Waals surface area (Å²) < 4.78 is 176. The van der Waals surface area contributed by atoms with Crippen molar-refractivity contribution in [3.63, 3.8) is 0 Å². The van der Waals surface area contributed by atoms with Crippen LogP contribution in [0.25, 0.3) is 0 Å². The fourth-order valence-corrected chi connectivity index (χ4v) is 2.55. The van der Waals surface area contributed by atoms with Crippen molar-refractivity contribution in [1.29, 1.82) is 0 Å². The first-order chi connectivity index (χ1) is 14.4. The minimum absolute atomic E-state index is 0.286. The first-order valence-corrected chi connectivity index (χ1v) is 8.28. The Morgan fingerprint density at radius 2 is 1.27 bits per heavy atom. The van der Waals surface area contributed by atoms with Crippen molar-refractivity contribution in [3.8, 4) is 0 Å². The summed E-state index contributed by atoms with van der Waals surface area (Å²) in [6.45, 7) is 0.286. The van der Waals surface area contributed by atoms with E-state index >= 15 is 0 Å². The van der Waals surface area contributed by atoms with Gasteiger partial charge in [-0.15, -0.1) is 0 Å². The standard InChI is InChI=1S/C17H13F13O3/c1-11(32,9-5-3-4-8(6-9)10(31)33-2)7-12(18,19)13(20,21)14(22,23)15(24,25)16(26,27)17(28,29)30/h3-6,32H,7H2,1-2H3. The molecular weight excluding hydrogens is 499 g/mol. The molecule has 1 unspecified atom stereocenters. The molecule has 0 bridgehead atoms. The highest BCUT2D eigenvalue weighted by Crippen LogP contribution is 2.61. The number of carbonyl (C=O) groups is 1. The minimum Gasteiger partial charge on any atom is -0.465 e. The Bertz CT molecular complexity index is 875. The molecule has 1 atom stereocenters. The fourth-order valence-electron chi connectivity index (χ4n) is 2.55. The van der Waals surface area contributed by atoms with E-state index in [0.717, 1.165) is 19.2 Å². The SMILES string of the molecule is COC(=O)c1cccc(C(C)(O)CC(F)(F)C(F)(F)C(F)(F)C(F)(F)C(F)(F)C(F)(F)F)c1. The summed E-state index contributed by atoms with van der Waals surface area (Å²) >= 11 is 0. The lowest BCUT2D eigenvalue weighted by molar-refractivity contribution is -0.441. The Morgan fingerprint density at radius 3 is 1.70 bits per heavy atom. The molecule has 1 aromatic rings.